The van der Waals surface area contributed by atoms with Gasteiger partial charge in [0.25, 0.3) is 0 Å². The SMILES string of the molecule is CC(C)(C)OC(=O)c1cc(N)c(Br)cn1. The molecule has 0 aliphatic rings. The Bertz CT molecular complexity index is 385. The molecule has 4 nitrogen and oxygen atoms in total. The number of hydrogen-bond donors (Lipinski definition) is 1. The lowest BCUT2D eigenvalue weighted by Gasteiger charge is -2.19. The van der Waals surface area contributed by atoms with E-state index < -0.39 is 11.6 Å². The Balaban J connectivity index is 2.88. The van der Waals surface area contributed by atoms with Crippen LogP contribution in [0, 0.1) is 0 Å². The monoisotopic (exact) mass is 272 g/mol. The van der Waals surface area contributed by atoms with Crippen molar-refractivity contribution >= 4 is 27.6 Å². The minimum absolute atomic E-state index is 0.214. The van der Waals surface area contributed by atoms with Crippen molar-refractivity contribution < 1.29 is 9.53 Å². The van der Waals surface area contributed by atoms with E-state index in [-0.39, 0.29) is 5.69 Å². The van der Waals surface area contributed by atoms with E-state index in [0.717, 1.165) is 0 Å². The van der Waals surface area contributed by atoms with Crippen molar-refractivity contribution in [2.24, 2.45) is 0 Å². The predicted octanol–water partition coefficient (Wildman–Crippen LogP) is 2.38. The maximum atomic E-state index is 11.6. The molecule has 0 fully saturated rings. The van der Waals surface area contributed by atoms with Crippen molar-refractivity contribution in [3.05, 3.63) is 22.4 Å². The van der Waals surface area contributed by atoms with Gasteiger partial charge in [-0.15, -0.1) is 0 Å². The minimum Gasteiger partial charge on any atom is -0.455 e. The minimum atomic E-state index is -0.527. The van der Waals surface area contributed by atoms with E-state index in [2.05, 4.69) is 20.9 Å². The normalized spacial score (nSPS) is 11.2. The molecule has 0 saturated carbocycles. The van der Waals surface area contributed by atoms with Crippen LogP contribution in [-0.2, 0) is 4.74 Å². The number of halogens is 1. The van der Waals surface area contributed by atoms with E-state index in [0.29, 0.717) is 10.2 Å². The Morgan fingerprint density at radius 1 is 1.53 bits per heavy atom. The second-order valence-corrected chi connectivity index (χ2v) is 4.95. The number of carbonyl (C=O) groups excluding carboxylic acids is 1. The van der Waals surface area contributed by atoms with E-state index in [4.69, 9.17) is 10.5 Å². The maximum Gasteiger partial charge on any atom is 0.357 e. The molecule has 0 saturated heterocycles. The van der Waals surface area contributed by atoms with Crippen LogP contribution in [-0.4, -0.2) is 16.6 Å². The molecule has 1 aromatic heterocycles. The molecule has 0 aliphatic carbocycles. The molecule has 0 unspecified atom stereocenters. The second-order valence-electron chi connectivity index (χ2n) is 4.09. The van der Waals surface area contributed by atoms with Crippen LogP contribution < -0.4 is 5.73 Å². The Morgan fingerprint density at radius 3 is 2.60 bits per heavy atom. The fraction of sp³-hybridized carbons (Fsp3) is 0.400. The van der Waals surface area contributed by atoms with Crippen molar-refractivity contribution in [1.82, 2.24) is 4.98 Å². The summed E-state index contributed by atoms with van der Waals surface area (Å²) in [6.07, 6.45) is 1.48. The van der Waals surface area contributed by atoms with E-state index >= 15 is 0 Å². The Labute approximate surface area is 97.0 Å². The average molecular weight is 273 g/mol. The third-order valence-electron chi connectivity index (χ3n) is 1.49. The molecule has 0 aliphatic heterocycles. The number of esters is 1. The van der Waals surface area contributed by atoms with Crippen LogP contribution in [0.2, 0.25) is 0 Å². The van der Waals surface area contributed by atoms with Gasteiger partial charge in [0.15, 0.2) is 0 Å². The molecule has 0 bridgehead atoms. The second kappa shape index (κ2) is 4.18. The number of nitrogens with zero attached hydrogens (tertiary/aromatic N) is 1. The van der Waals surface area contributed by atoms with Crippen LogP contribution in [0.15, 0.2) is 16.7 Å². The number of anilines is 1. The maximum absolute atomic E-state index is 11.6. The van der Waals surface area contributed by atoms with Crippen LogP contribution in [0.5, 0.6) is 0 Å². The van der Waals surface area contributed by atoms with Gasteiger partial charge in [0.05, 0.1) is 4.47 Å². The fourth-order valence-electron chi connectivity index (χ4n) is 0.896. The van der Waals surface area contributed by atoms with Gasteiger partial charge < -0.3 is 10.5 Å². The first-order chi connectivity index (χ1) is 6.79. The number of aromatic nitrogens is 1. The highest BCUT2D eigenvalue weighted by Gasteiger charge is 2.19. The van der Waals surface area contributed by atoms with Gasteiger partial charge in [-0.1, -0.05) is 0 Å². The van der Waals surface area contributed by atoms with Gasteiger partial charge in [0.1, 0.15) is 11.3 Å². The smallest absolute Gasteiger partial charge is 0.357 e. The quantitative estimate of drug-likeness (QED) is 0.798. The summed E-state index contributed by atoms with van der Waals surface area (Å²) < 4.78 is 5.81. The van der Waals surface area contributed by atoms with Crippen molar-refractivity contribution in [2.45, 2.75) is 26.4 Å². The molecule has 0 atom stereocenters. The van der Waals surface area contributed by atoms with Crippen LogP contribution >= 0.6 is 15.9 Å². The lowest BCUT2D eigenvalue weighted by Crippen LogP contribution is -2.24. The van der Waals surface area contributed by atoms with E-state index in [1.807, 2.05) is 0 Å². The largest absolute Gasteiger partial charge is 0.455 e. The lowest BCUT2D eigenvalue weighted by molar-refractivity contribution is 0.00629. The number of ether oxygens (including phenoxy) is 1. The van der Waals surface area contributed by atoms with Gasteiger partial charge >= 0.3 is 5.97 Å². The first kappa shape index (κ1) is 12.0. The van der Waals surface area contributed by atoms with Crippen LogP contribution in [0.4, 0.5) is 5.69 Å². The first-order valence-corrected chi connectivity index (χ1v) is 5.23. The highest BCUT2D eigenvalue weighted by Crippen LogP contribution is 2.19. The summed E-state index contributed by atoms with van der Waals surface area (Å²) in [5.41, 5.74) is 5.78. The molecule has 1 heterocycles. The molecule has 1 aromatic rings. The molecule has 0 amide bonds. The molecular weight excluding hydrogens is 260 g/mol. The number of nitrogen functional groups attached to an aromatic ring is 1. The van der Waals surface area contributed by atoms with Gasteiger partial charge in [-0.05, 0) is 42.8 Å². The number of rotatable bonds is 1. The van der Waals surface area contributed by atoms with E-state index in [9.17, 15) is 4.79 Å². The van der Waals surface area contributed by atoms with Crippen molar-refractivity contribution in [1.29, 1.82) is 0 Å². The van der Waals surface area contributed by atoms with Crippen LogP contribution in [0.3, 0.4) is 0 Å². The summed E-state index contributed by atoms with van der Waals surface area (Å²) >= 11 is 3.20. The lowest BCUT2D eigenvalue weighted by atomic mass is 10.2. The van der Waals surface area contributed by atoms with Crippen molar-refractivity contribution in [3.63, 3.8) is 0 Å². The van der Waals surface area contributed by atoms with Gasteiger partial charge in [-0.2, -0.15) is 0 Å². The summed E-state index contributed by atoms with van der Waals surface area (Å²) in [5, 5.41) is 0. The molecule has 15 heavy (non-hydrogen) atoms. The third-order valence-corrected chi connectivity index (χ3v) is 2.16. The molecule has 0 radical (unpaired) electrons. The molecule has 1 rings (SSSR count). The summed E-state index contributed by atoms with van der Waals surface area (Å²) in [4.78, 5) is 15.5. The predicted molar refractivity (Wildman–Crippen MR) is 61.5 cm³/mol. The molecular formula is C10H13BrN2O2. The first-order valence-electron chi connectivity index (χ1n) is 4.44. The van der Waals surface area contributed by atoms with Crippen LogP contribution in [0.25, 0.3) is 0 Å². The van der Waals surface area contributed by atoms with Crippen LogP contribution in [0.1, 0.15) is 31.3 Å². The zero-order valence-corrected chi connectivity index (χ0v) is 10.5. The summed E-state index contributed by atoms with van der Waals surface area (Å²) in [5.74, 6) is -0.471. The highest BCUT2D eigenvalue weighted by molar-refractivity contribution is 9.10. The van der Waals surface area contributed by atoms with Crippen molar-refractivity contribution in [3.8, 4) is 0 Å². The standard InChI is InChI=1S/C10H13BrN2O2/c1-10(2,3)15-9(14)8-4-7(12)6(11)5-13-8/h4-5H,1-3H3,(H2,12,13). The van der Waals surface area contributed by atoms with Gasteiger partial charge in [0, 0.05) is 11.9 Å². The zero-order valence-electron chi connectivity index (χ0n) is 8.87. The van der Waals surface area contributed by atoms with E-state index in [1.54, 1.807) is 20.8 Å². The molecule has 0 spiro atoms. The molecule has 0 aromatic carbocycles. The Morgan fingerprint density at radius 2 is 2.13 bits per heavy atom. The summed E-state index contributed by atoms with van der Waals surface area (Å²) in [6, 6.07) is 1.48. The van der Waals surface area contributed by atoms with Gasteiger partial charge in [-0.3, -0.25) is 0 Å². The topological polar surface area (TPSA) is 65.2 Å². The van der Waals surface area contributed by atoms with E-state index in [1.165, 1.54) is 12.3 Å². The summed E-state index contributed by atoms with van der Waals surface area (Å²) in [6.45, 7) is 5.40. The number of hydrogen-bond acceptors (Lipinski definition) is 4. The van der Waals surface area contributed by atoms with Crippen molar-refractivity contribution in [2.75, 3.05) is 5.73 Å². The summed E-state index contributed by atoms with van der Waals surface area (Å²) in [7, 11) is 0. The molecule has 82 valence electrons. The highest BCUT2D eigenvalue weighted by atomic mass is 79.9. The van der Waals surface area contributed by atoms with Gasteiger partial charge in [0.2, 0.25) is 0 Å². The number of nitrogens with two attached hydrogens (primary N) is 1. The number of pyridine rings is 1. The fourth-order valence-corrected chi connectivity index (χ4v) is 1.11. The zero-order chi connectivity index (χ0) is 11.6. The Hall–Kier alpha value is -1.10. The average Bonchev–Trinajstić information content (AvgIpc) is 2.06. The molecule has 2 N–H and O–H groups in total. The van der Waals surface area contributed by atoms with Gasteiger partial charge in [-0.25, -0.2) is 9.78 Å². The third kappa shape index (κ3) is 3.51. The Kier molecular flexibility index (Phi) is 3.34. The molecule has 5 heteroatoms. The number of carbonyl (C=O) groups is 1.